The van der Waals surface area contributed by atoms with E-state index in [2.05, 4.69) is 15.3 Å². The van der Waals surface area contributed by atoms with Crippen LogP contribution in [0.15, 0.2) is 19.9 Å². The van der Waals surface area contributed by atoms with Crippen LogP contribution in [0, 0.1) is 0 Å². The first-order valence-electron chi connectivity index (χ1n) is 6.77. The Kier molecular flexibility index (Phi) is 3.32. The standard InChI is InChI=1S/C12H17N7O3/c1-16(2)15-14-11-13-9-8(19(11)5-7-6-22-7)10(20)18(4)12(21)17(9)3/h7H,5-6H2,1-4H3/t7-/m0/s1. The lowest BCUT2D eigenvalue weighted by Gasteiger charge is -2.06. The molecule has 1 aliphatic rings. The molecule has 0 radical (unpaired) electrons. The molecule has 0 spiro atoms. The minimum atomic E-state index is -0.430. The molecule has 2 aromatic rings. The summed E-state index contributed by atoms with van der Waals surface area (Å²) >= 11 is 0. The van der Waals surface area contributed by atoms with E-state index in [4.69, 9.17) is 4.74 Å². The van der Waals surface area contributed by atoms with Crippen molar-refractivity contribution in [1.82, 2.24) is 23.7 Å². The molecule has 0 aliphatic carbocycles. The minimum absolute atomic E-state index is 0.0349. The third kappa shape index (κ3) is 2.30. The molecule has 3 rings (SSSR count). The largest absolute Gasteiger partial charge is 0.371 e. The van der Waals surface area contributed by atoms with Crippen molar-refractivity contribution in [1.29, 1.82) is 0 Å². The summed E-state index contributed by atoms with van der Waals surface area (Å²) in [5.41, 5.74) is -0.215. The van der Waals surface area contributed by atoms with Gasteiger partial charge in [0.25, 0.3) is 11.5 Å². The van der Waals surface area contributed by atoms with Gasteiger partial charge in [-0.3, -0.25) is 23.5 Å². The summed E-state index contributed by atoms with van der Waals surface area (Å²) in [5, 5.41) is 9.49. The quantitative estimate of drug-likeness (QED) is 0.426. The number of aromatic nitrogens is 4. The molecule has 2 aromatic heterocycles. The molecule has 22 heavy (non-hydrogen) atoms. The van der Waals surface area contributed by atoms with E-state index in [0.29, 0.717) is 24.3 Å². The number of ether oxygens (including phenoxy) is 1. The van der Waals surface area contributed by atoms with Crippen molar-refractivity contribution in [3.05, 3.63) is 20.8 Å². The second kappa shape index (κ2) is 5.05. The molecule has 10 nitrogen and oxygen atoms in total. The third-order valence-corrected chi connectivity index (χ3v) is 3.43. The van der Waals surface area contributed by atoms with Gasteiger partial charge in [0.15, 0.2) is 11.2 Å². The van der Waals surface area contributed by atoms with Gasteiger partial charge in [-0.2, -0.15) is 4.98 Å². The maximum absolute atomic E-state index is 12.4. The molecular formula is C12H17N7O3. The Morgan fingerprint density at radius 2 is 2.00 bits per heavy atom. The number of aryl methyl sites for hydroxylation is 1. The van der Waals surface area contributed by atoms with Crippen molar-refractivity contribution in [3.8, 4) is 0 Å². The molecule has 0 aromatic carbocycles. The molecule has 0 unspecified atom stereocenters. The van der Waals surface area contributed by atoms with E-state index < -0.39 is 11.2 Å². The van der Waals surface area contributed by atoms with E-state index in [1.807, 2.05) is 0 Å². The van der Waals surface area contributed by atoms with E-state index >= 15 is 0 Å². The van der Waals surface area contributed by atoms with Gasteiger partial charge in [0, 0.05) is 28.2 Å². The van der Waals surface area contributed by atoms with Gasteiger partial charge in [-0.1, -0.05) is 10.3 Å². The molecule has 0 saturated carbocycles. The second-order valence-electron chi connectivity index (χ2n) is 5.39. The maximum atomic E-state index is 12.4. The number of nitrogens with zero attached hydrogens (tertiary/aromatic N) is 7. The average molecular weight is 307 g/mol. The molecule has 3 heterocycles. The summed E-state index contributed by atoms with van der Waals surface area (Å²) in [6.45, 7) is 1.09. The molecule has 1 saturated heterocycles. The SMILES string of the molecule is CN(C)N=Nc1nc2c(c(=O)n(C)c(=O)n2C)n1C[C@H]1CO1. The lowest BCUT2D eigenvalue weighted by atomic mass is 10.4. The zero-order valence-corrected chi connectivity index (χ0v) is 12.8. The predicted molar refractivity (Wildman–Crippen MR) is 78.2 cm³/mol. The van der Waals surface area contributed by atoms with E-state index in [1.54, 1.807) is 25.7 Å². The fraction of sp³-hybridized carbons (Fsp3) is 0.583. The Morgan fingerprint density at radius 3 is 2.59 bits per heavy atom. The van der Waals surface area contributed by atoms with Crippen molar-refractivity contribution in [2.24, 2.45) is 24.4 Å². The van der Waals surface area contributed by atoms with E-state index in [0.717, 1.165) is 4.57 Å². The van der Waals surface area contributed by atoms with Crippen LogP contribution < -0.4 is 11.2 Å². The predicted octanol–water partition coefficient (Wildman–Crippen LogP) is -0.607. The van der Waals surface area contributed by atoms with Crippen LogP contribution in [0.5, 0.6) is 0 Å². The van der Waals surface area contributed by atoms with Crippen molar-refractivity contribution in [2.45, 2.75) is 12.6 Å². The van der Waals surface area contributed by atoms with Crippen LogP contribution in [-0.2, 0) is 25.4 Å². The second-order valence-corrected chi connectivity index (χ2v) is 5.39. The first kappa shape index (κ1) is 14.4. The molecule has 0 amide bonds. The highest BCUT2D eigenvalue weighted by Crippen LogP contribution is 2.22. The highest BCUT2D eigenvalue weighted by Gasteiger charge is 2.27. The fourth-order valence-electron chi connectivity index (χ4n) is 2.19. The van der Waals surface area contributed by atoms with Crippen LogP contribution in [0.3, 0.4) is 0 Å². The van der Waals surface area contributed by atoms with Crippen LogP contribution in [0.4, 0.5) is 5.95 Å². The minimum Gasteiger partial charge on any atom is -0.371 e. The van der Waals surface area contributed by atoms with Crippen molar-refractivity contribution in [3.63, 3.8) is 0 Å². The lowest BCUT2D eigenvalue weighted by Crippen LogP contribution is -2.37. The molecule has 1 aliphatic heterocycles. The van der Waals surface area contributed by atoms with Crippen molar-refractivity contribution < 1.29 is 4.74 Å². The maximum Gasteiger partial charge on any atom is 0.332 e. The molecule has 0 N–H and O–H groups in total. The van der Waals surface area contributed by atoms with E-state index in [-0.39, 0.29) is 12.1 Å². The number of epoxide rings is 1. The zero-order chi connectivity index (χ0) is 16.0. The highest BCUT2D eigenvalue weighted by atomic mass is 16.6. The summed E-state index contributed by atoms with van der Waals surface area (Å²) in [7, 11) is 6.47. The number of hydrogen-bond acceptors (Lipinski definition) is 6. The van der Waals surface area contributed by atoms with E-state index in [9.17, 15) is 9.59 Å². The Labute approximate surface area is 125 Å². The topological polar surface area (TPSA) is 102 Å². The zero-order valence-electron chi connectivity index (χ0n) is 12.8. The number of fused-ring (bicyclic) bond motifs is 1. The smallest absolute Gasteiger partial charge is 0.332 e. The van der Waals surface area contributed by atoms with Crippen LogP contribution in [0.1, 0.15) is 0 Å². The lowest BCUT2D eigenvalue weighted by molar-refractivity contribution is 0.382. The fourth-order valence-corrected chi connectivity index (χ4v) is 2.19. The summed E-state index contributed by atoms with van der Waals surface area (Å²) < 4.78 is 9.27. The van der Waals surface area contributed by atoms with Gasteiger partial charge in [-0.15, -0.1) is 0 Å². The molecule has 118 valence electrons. The van der Waals surface area contributed by atoms with Crippen LogP contribution in [0.2, 0.25) is 0 Å². The Morgan fingerprint density at radius 1 is 1.32 bits per heavy atom. The van der Waals surface area contributed by atoms with Crippen molar-refractivity contribution in [2.75, 3.05) is 20.7 Å². The summed E-state index contributed by atoms with van der Waals surface area (Å²) in [6, 6.07) is 0. The Hall–Kier alpha value is -2.49. The molecule has 1 fully saturated rings. The monoisotopic (exact) mass is 307 g/mol. The van der Waals surface area contributed by atoms with Gasteiger partial charge in [0.1, 0.15) is 0 Å². The number of imidazole rings is 1. The normalized spacial score (nSPS) is 17.5. The van der Waals surface area contributed by atoms with Crippen LogP contribution in [-0.4, -0.2) is 50.5 Å². The van der Waals surface area contributed by atoms with Gasteiger partial charge in [0.05, 0.1) is 19.3 Å². The average Bonchev–Trinajstić information content (AvgIpc) is 3.21. The van der Waals surface area contributed by atoms with Gasteiger partial charge in [0.2, 0.25) is 0 Å². The molecule has 1 atom stereocenters. The molecule has 10 heteroatoms. The first-order chi connectivity index (χ1) is 10.4. The summed E-state index contributed by atoms with van der Waals surface area (Å²) in [6.07, 6.45) is 0.0349. The van der Waals surface area contributed by atoms with Gasteiger partial charge in [-0.05, 0) is 0 Å². The van der Waals surface area contributed by atoms with E-state index in [1.165, 1.54) is 16.6 Å². The Balaban J connectivity index is 2.30. The third-order valence-electron chi connectivity index (χ3n) is 3.43. The molecule has 0 bridgehead atoms. The van der Waals surface area contributed by atoms with Gasteiger partial charge < -0.3 is 4.74 Å². The number of rotatable bonds is 4. The van der Waals surface area contributed by atoms with Crippen molar-refractivity contribution >= 4 is 17.1 Å². The molecular weight excluding hydrogens is 290 g/mol. The summed E-state index contributed by atoms with van der Waals surface area (Å²) in [5.74, 6) is 0.275. The van der Waals surface area contributed by atoms with Crippen LogP contribution >= 0.6 is 0 Å². The highest BCUT2D eigenvalue weighted by molar-refractivity contribution is 5.73. The van der Waals surface area contributed by atoms with Gasteiger partial charge >= 0.3 is 5.69 Å². The van der Waals surface area contributed by atoms with Crippen LogP contribution in [0.25, 0.3) is 11.2 Å². The number of hydrogen-bond donors (Lipinski definition) is 0. The van der Waals surface area contributed by atoms with Gasteiger partial charge in [-0.25, -0.2) is 4.79 Å². The summed E-state index contributed by atoms with van der Waals surface area (Å²) in [4.78, 5) is 28.8. The Bertz CT molecular complexity index is 869. The first-order valence-corrected chi connectivity index (χ1v) is 6.77.